The molecule has 2 aromatic heterocycles. The van der Waals surface area contributed by atoms with Crippen LogP contribution in [0.4, 0.5) is 18.9 Å². The van der Waals surface area contributed by atoms with Gasteiger partial charge in [-0.25, -0.2) is 14.6 Å². The Bertz CT molecular complexity index is 1210. The molecule has 1 aromatic carbocycles. The molecule has 4 rings (SSSR count). The number of nitrogens with zero attached hydrogens (tertiary/aromatic N) is 5. The first-order valence-corrected chi connectivity index (χ1v) is 12.1. The number of aryl methyl sites for hydroxylation is 1. The van der Waals surface area contributed by atoms with Gasteiger partial charge in [0.1, 0.15) is 17.2 Å². The van der Waals surface area contributed by atoms with Gasteiger partial charge in [0.25, 0.3) is 0 Å². The first-order valence-electron chi connectivity index (χ1n) is 11.3. The molecular formula is C24H28F3N6OP. The van der Waals surface area contributed by atoms with Gasteiger partial charge in [-0.15, -0.1) is 14.3 Å². The summed E-state index contributed by atoms with van der Waals surface area (Å²) < 4.78 is 46.2. The molecule has 0 saturated carbocycles. The number of benzene rings is 1. The highest BCUT2D eigenvalue weighted by Gasteiger charge is 2.33. The van der Waals surface area contributed by atoms with Crippen molar-refractivity contribution in [3.63, 3.8) is 0 Å². The Morgan fingerprint density at radius 2 is 1.91 bits per heavy atom. The number of anilines is 1. The van der Waals surface area contributed by atoms with Crippen molar-refractivity contribution >= 4 is 20.6 Å². The average molecular weight is 504 g/mol. The van der Waals surface area contributed by atoms with Gasteiger partial charge in [-0.1, -0.05) is 19.1 Å². The number of alkyl halides is 3. The van der Waals surface area contributed by atoms with Gasteiger partial charge < -0.3 is 15.0 Å². The maximum absolute atomic E-state index is 12.9. The maximum Gasteiger partial charge on any atom is 0.416 e. The van der Waals surface area contributed by atoms with Gasteiger partial charge in [0.2, 0.25) is 5.88 Å². The van der Waals surface area contributed by atoms with Crippen LogP contribution < -0.4 is 9.64 Å². The molecule has 186 valence electrons. The minimum atomic E-state index is -4.35. The molecule has 3 heterocycles. The average Bonchev–Trinajstić information content (AvgIpc) is 3.27. The SMILES string of the molecule is COc1nc(-c2nc3n(n2)CCC(c2ccc(C(F)(F)F)cc2)C3C)ccc1N(CP)CC(C)=N. The zero-order chi connectivity index (χ0) is 25.3. The van der Waals surface area contributed by atoms with Gasteiger partial charge in [-0.3, -0.25) is 0 Å². The third-order valence-electron chi connectivity index (χ3n) is 6.28. The Kier molecular flexibility index (Phi) is 7.12. The largest absolute Gasteiger partial charge is 0.480 e. The summed E-state index contributed by atoms with van der Waals surface area (Å²) >= 11 is 0. The lowest BCUT2D eigenvalue weighted by atomic mass is 9.82. The van der Waals surface area contributed by atoms with Crippen LogP contribution in [-0.2, 0) is 12.7 Å². The summed E-state index contributed by atoms with van der Waals surface area (Å²) in [6, 6.07) is 9.14. The van der Waals surface area contributed by atoms with Crippen molar-refractivity contribution in [2.75, 3.05) is 24.8 Å². The highest BCUT2D eigenvalue weighted by Crippen LogP contribution is 2.40. The lowest BCUT2D eigenvalue weighted by Crippen LogP contribution is -2.27. The lowest BCUT2D eigenvalue weighted by Gasteiger charge is -2.29. The second kappa shape index (κ2) is 9.93. The van der Waals surface area contributed by atoms with Crippen LogP contribution in [0.5, 0.6) is 5.88 Å². The van der Waals surface area contributed by atoms with Crippen LogP contribution in [0.3, 0.4) is 0 Å². The Hall–Kier alpha value is -3.00. The second-order valence-electron chi connectivity index (χ2n) is 8.71. The normalized spacial score (nSPS) is 17.7. The molecule has 0 fully saturated rings. The van der Waals surface area contributed by atoms with E-state index in [2.05, 4.69) is 19.3 Å². The number of nitrogens with one attached hydrogen (secondary N) is 1. The Balaban J connectivity index is 1.60. The summed E-state index contributed by atoms with van der Waals surface area (Å²) in [6.07, 6.45) is -2.97. The molecule has 0 saturated heterocycles. The highest BCUT2D eigenvalue weighted by molar-refractivity contribution is 7.16. The summed E-state index contributed by atoms with van der Waals surface area (Å²) in [4.78, 5) is 11.4. The van der Waals surface area contributed by atoms with Crippen LogP contribution in [0.15, 0.2) is 36.4 Å². The Morgan fingerprint density at radius 3 is 2.51 bits per heavy atom. The van der Waals surface area contributed by atoms with Crippen LogP contribution >= 0.6 is 9.24 Å². The van der Waals surface area contributed by atoms with Crippen LogP contribution in [0, 0.1) is 5.41 Å². The van der Waals surface area contributed by atoms with Crippen molar-refractivity contribution in [3.05, 3.63) is 53.3 Å². The second-order valence-corrected chi connectivity index (χ2v) is 9.07. The summed E-state index contributed by atoms with van der Waals surface area (Å²) in [5.41, 5.74) is 2.09. The molecule has 1 aliphatic heterocycles. The summed E-state index contributed by atoms with van der Waals surface area (Å²) in [7, 11) is 4.20. The van der Waals surface area contributed by atoms with Gasteiger partial charge in [0.05, 0.1) is 19.2 Å². The molecule has 0 radical (unpaired) electrons. The molecule has 3 atom stereocenters. The number of aromatic nitrogens is 4. The van der Waals surface area contributed by atoms with E-state index in [1.54, 1.807) is 26.2 Å². The minimum Gasteiger partial charge on any atom is -0.480 e. The fourth-order valence-electron chi connectivity index (χ4n) is 4.51. The van der Waals surface area contributed by atoms with Gasteiger partial charge in [0, 0.05) is 24.5 Å². The van der Waals surface area contributed by atoms with Crippen molar-refractivity contribution in [3.8, 4) is 17.4 Å². The lowest BCUT2D eigenvalue weighted by molar-refractivity contribution is -0.137. The van der Waals surface area contributed by atoms with E-state index in [-0.39, 0.29) is 11.8 Å². The fraction of sp³-hybridized carbons (Fsp3) is 0.417. The van der Waals surface area contributed by atoms with E-state index in [1.165, 1.54) is 0 Å². The van der Waals surface area contributed by atoms with Gasteiger partial charge in [-0.2, -0.15) is 13.2 Å². The van der Waals surface area contributed by atoms with E-state index < -0.39 is 11.7 Å². The summed E-state index contributed by atoms with van der Waals surface area (Å²) in [5.74, 6) is 1.71. The molecule has 0 spiro atoms. The topological polar surface area (TPSA) is 79.9 Å². The quantitative estimate of drug-likeness (QED) is 0.347. The molecule has 3 aromatic rings. The zero-order valence-corrected chi connectivity index (χ0v) is 21.0. The number of halogens is 3. The molecule has 1 aliphatic rings. The van der Waals surface area contributed by atoms with Crippen molar-refractivity contribution < 1.29 is 17.9 Å². The van der Waals surface area contributed by atoms with Crippen molar-refractivity contribution in [1.82, 2.24) is 19.7 Å². The maximum atomic E-state index is 12.9. The van der Waals surface area contributed by atoms with E-state index in [0.29, 0.717) is 42.5 Å². The third kappa shape index (κ3) is 5.17. The molecule has 7 nitrogen and oxygen atoms in total. The molecule has 1 N–H and O–H groups in total. The number of hydrogen-bond acceptors (Lipinski definition) is 6. The van der Waals surface area contributed by atoms with Crippen LogP contribution in [0.25, 0.3) is 11.5 Å². The number of rotatable bonds is 7. The first-order chi connectivity index (χ1) is 16.6. The highest BCUT2D eigenvalue weighted by atomic mass is 31.0. The van der Waals surface area contributed by atoms with Gasteiger partial charge in [-0.05, 0) is 49.1 Å². The van der Waals surface area contributed by atoms with Gasteiger partial charge in [0.15, 0.2) is 5.82 Å². The van der Waals surface area contributed by atoms with Crippen LogP contribution in [0.1, 0.15) is 49.1 Å². The van der Waals surface area contributed by atoms with E-state index >= 15 is 0 Å². The van der Waals surface area contributed by atoms with Gasteiger partial charge >= 0.3 is 6.18 Å². The predicted octanol–water partition coefficient (Wildman–Crippen LogP) is 5.34. The van der Waals surface area contributed by atoms with Crippen molar-refractivity contribution in [1.29, 1.82) is 5.41 Å². The summed E-state index contributed by atoms with van der Waals surface area (Å²) in [6.45, 7) is 4.85. The Labute approximate surface area is 204 Å². The molecule has 0 amide bonds. The van der Waals surface area contributed by atoms with E-state index in [9.17, 15) is 13.2 Å². The number of hydrogen-bond donors (Lipinski definition) is 1. The Morgan fingerprint density at radius 1 is 1.20 bits per heavy atom. The molecule has 0 aliphatic carbocycles. The number of methoxy groups -OCH3 is 1. The smallest absolute Gasteiger partial charge is 0.416 e. The molecule has 3 unspecified atom stereocenters. The fourth-order valence-corrected chi connectivity index (χ4v) is 4.84. The van der Waals surface area contributed by atoms with E-state index in [1.807, 2.05) is 28.6 Å². The number of pyridine rings is 1. The standard InChI is InChI=1S/C24H28F3N6OP/c1-14(28)12-32(13-35)20-9-8-19(29-23(20)34-3)21-30-22-15(2)18(10-11-33(22)31-21)16-4-6-17(7-5-16)24(25,26)27/h4-9,15,18,28H,10-13,35H2,1-3H3. The number of fused-ring (bicyclic) bond motifs is 1. The number of ether oxygens (including phenoxy) is 1. The molecule has 11 heteroatoms. The minimum absolute atomic E-state index is 0.0221. The molecule has 0 bridgehead atoms. The van der Waals surface area contributed by atoms with E-state index in [4.69, 9.17) is 15.1 Å². The zero-order valence-electron chi connectivity index (χ0n) is 19.8. The molecule has 35 heavy (non-hydrogen) atoms. The summed E-state index contributed by atoms with van der Waals surface area (Å²) in [5, 5.41) is 12.5. The van der Waals surface area contributed by atoms with E-state index in [0.717, 1.165) is 35.6 Å². The van der Waals surface area contributed by atoms with Crippen molar-refractivity contribution in [2.45, 2.75) is 44.8 Å². The van der Waals surface area contributed by atoms with Crippen LogP contribution in [0.2, 0.25) is 0 Å². The molecular weight excluding hydrogens is 476 g/mol. The predicted molar refractivity (Wildman–Crippen MR) is 132 cm³/mol. The third-order valence-corrected chi connectivity index (χ3v) is 6.72. The first kappa shape index (κ1) is 25.1. The monoisotopic (exact) mass is 504 g/mol. The van der Waals surface area contributed by atoms with Crippen LogP contribution in [-0.4, -0.2) is 45.4 Å². The van der Waals surface area contributed by atoms with Crippen molar-refractivity contribution in [2.24, 2.45) is 0 Å².